The van der Waals surface area contributed by atoms with Crippen LogP contribution in [0.4, 0.5) is 0 Å². The van der Waals surface area contributed by atoms with Crippen molar-refractivity contribution >= 4 is 17.2 Å². The molecule has 2 N–H and O–H groups in total. The third-order valence-corrected chi connectivity index (χ3v) is 7.20. The predicted octanol–water partition coefficient (Wildman–Crippen LogP) is 5.07. The van der Waals surface area contributed by atoms with Crippen LogP contribution in [-0.2, 0) is 38.8 Å². The number of hydrogen-bond donors (Lipinski definition) is 1. The molecule has 4 aromatic rings. The molecule has 7 nitrogen and oxygen atoms in total. The molecule has 1 aromatic heterocycles. The zero-order valence-corrected chi connectivity index (χ0v) is 21.7. The van der Waals surface area contributed by atoms with Crippen LogP contribution in [0, 0.1) is 0 Å². The molecule has 8 heteroatoms. The number of aromatic nitrogens is 1. The zero-order valence-electron chi connectivity index (χ0n) is 20.8. The van der Waals surface area contributed by atoms with Gasteiger partial charge in [-0.05, 0) is 16.7 Å². The highest BCUT2D eigenvalue weighted by Crippen LogP contribution is 2.39. The first-order chi connectivity index (χ1) is 18.7. The lowest BCUT2D eigenvalue weighted by Crippen LogP contribution is -2.37. The fraction of sp³-hybridized carbons (Fsp3) is 0.267. The van der Waals surface area contributed by atoms with Crippen molar-refractivity contribution in [1.29, 1.82) is 0 Å². The summed E-state index contributed by atoms with van der Waals surface area (Å²) in [6.07, 6.45) is -1.85. The quantitative estimate of drug-likeness (QED) is 0.275. The van der Waals surface area contributed by atoms with Gasteiger partial charge in [0.2, 0.25) is 0 Å². The fourth-order valence-corrected chi connectivity index (χ4v) is 5.25. The number of carbonyl (C=O) groups is 1. The monoisotopic (exact) mass is 530 g/mol. The molecule has 1 saturated heterocycles. The van der Waals surface area contributed by atoms with Crippen LogP contribution < -0.4 is 5.73 Å². The molecule has 1 amide bonds. The van der Waals surface area contributed by atoms with Crippen LogP contribution in [0.1, 0.15) is 38.3 Å². The van der Waals surface area contributed by atoms with E-state index in [2.05, 4.69) is 4.98 Å². The van der Waals surface area contributed by atoms with E-state index in [0.29, 0.717) is 31.4 Å². The molecule has 1 fully saturated rings. The Balaban J connectivity index is 1.38. The molecule has 2 heterocycles. The lowest BCUT2D eigenvalue weighted by molar-refractivity contribution is -0.0898. The Morgan fingerprint density at radius 3 is 1.84 bits per heavy atom. The average molecular weight is 531 g/mol. The van der Waals surface area contributed by atoms with Crippen molar-refractivity contribution in [1.82, 2.24) is 4.98 Å². The first kappa shape index (κ1) is 26.2. The van der Waals surface area contributed by atoms with Gasteiger partial charge >= 0.3 is 0 Å². The van der Waals surface area contributed by atoms with Gasteiger partial charge in [-0.3, -0.25) is 4.79 Å². The zero-order chi connectivity index (χ0) is 26.2. The Morgan fingerprint density at radius 1 is 0.789 bits per heavy atom. The first-order valence-electron chi connectivity index (χ1n) is 12.5. The number of rotatable bonds is 12. The first-order valence-corrected chi connectivity index (χ1v) is 13.4. The molecule has 5 rings (SSSR count). The largest absolute Gasteiger partial charge is 0.374 e. The van der Waals surface area contributed by atoms with Crippen molar-refractivity contribution in [2.45, 2.75) is 44.2 Å². The lowest BCUT2D eigenvalue weighted by atomic mass is 10.1. The summed E-state index contributed by atoms with van der Waals surface area (Å²) in [6.45, 7) is 1.54. The van der Waals surface area contributed by atoms with Crippen LogP contribution in [0.25, 0.3) is 0 Å². The Bertz CT molecular complexity index is 1290. The topological polar surface area (TPSA) is 92.9 Å². The molecule has 0 saturated carbocycles. The molecule has 0 radical (unpaired) electrons. The molecule has 0 aliphatic carbocycles. The number of hydrogen-bond acceptors (Lipinski definition) is 7. The Kier molecular flexibility index (Phi) is 8.90. The van der Waals surface area contributed by atoms with Crippen LogP contribution in [0.2, 0.25) is 0 Å². The summed E-state index contributed by atoms with van der Waals surface area (Å²) >= 11 is 1.33. The molecule has 0 spiro atoms. The van der Waals surface area contributed by atoms with Crippen LogP contribution in [0.15, 0.2) is 96.4 Å². The molecule has 1 aliphatic heterocycles. The Labute approximate surface area is 226 Å². The van der Waals surface area contributed by atoms with E-state index in [1.165, 1.54) is 11.3 Å². The molecular formula is C30H30N2O5S. The van der Waals surface area contributed by atoms with E-state index in [9.17, 15) is 4.79 Å². The SMILES string of the molecule is NC(=O)c1csc([C@H]2O[C@H](COCc3ccccc3)[C@@H](OCc3ccccc3)[C@@H]2OCc2ccccc2)n1. The number of thiazole rings is 1. The van der Waals surface area contributed by atoms with Gasteiger partial charge in [0, 0.05) is 5.38 Å². The highest BCUT2D eigenvalue weighted by atomic mass is 32.1. The van der Waals surface area contributed by atoms with E-state index in [0.717, 1.165) is 16.7 Å². The van der Waals surface area contributed by atoms with Gasteiger partial charge < -0.3 is 24.7 Å². The number of carbonyl (C=O) groups excluding carboxylic acids is 1. The molecule has 1 aliphatic rings. The molecule has 3 aromatic carbocycles. The smallest absolute Gasteiger partial charge is 0.268 e. The minimum Gasteiger partial charge on any atom is -0.374 e. The number of nitrogens with two attached hydrogens (primary N) is 1. The van der Waals surface area contributed by atoms with Crippen LogP contribution in [0.3, 0.4) is 0 Å². The third-order valence-electron chi connectivity index (χ3n) is 6.29. The molecule has 0 unspecified atom stereocenters. The van der Waals surface area contributed by atoms with Gasteiger partial charge in [0.1, 0.15) is 35.1 Å². The van der Waals surface area contributed by atoms with Crippen molar-refractivity contribution in [3.63, 3.8) is 0 Å². The summed E-state index contributed by atoms with van der Waals surface area (Å²) in [5.74, 6) is -0.577. The normalized spacial score (nSPS) is 20.9. The number of ether oxygens (including phenoxy) is 4. The van der Waals surface area contributed by atoms with E-state index in [1.54, 1.807) is 5.38 Å². The van der Waals surface area contributed by atoms with E-state index in [4.69, 9.17) is 24.7 Å². The van der Waals surface area contributed by atoms with Crippen molar-refractivity contribution in [3.8, 4) is 0 Å². The van der Waals surface area contributed by atoms with Crippen molar-refractivity contribution in [2.75, 3.05) is 6.61 Å². The summed E-state index contributed by atoms with van der Waals surface area (Å²) < 4.78 is 25.5. The summed E-state index contributed by atoms with van der Waals surface area (Å²) in [5, 5.41) is 2.27. The number of benzene rings is 3. The maximum atomic E-state index is 11.7. The second kappa shape index (κ2) is 12.9. The molecule has 0 bridgehead atoms. The molecular weight excluding hydrogens is 500 g/mol. The minimum atomic E-state index is -0.577. The van der Waals surface area contributed by atoms with Crippen molar-refractivity contribution in [3.05, 3.63) is 124 Å². The van der Waals surface area contributed by atoms with E-state index in [1.807, 2.05) is 91.0 Å². The van der Waals surface area contributed by atoms with Gasteiger partial charge in [-0.1, -0.05) is 91.0 Å². The predicted molar refractivity (Wildman–Crippen MR) is 144 cm³/mol. The van der Waals surface area contributed by atoms with Crippen LogP contribution in [0.5, 0.6) is 0 Å². The maximum Gasteiger partial charge on any atom is 0.268 e. The standard InChI is InChI=1S/C30H30N2O5S/c31-29(33)24-20-38-30(32-24)28-27(36-18-23-14-8-3-9-15-23)26(35-17-22-12-6-2-7-13-22)25(37-28)19-34-16-21-10-4-1-5-11-21/h1-15,20,25-28H,16-19H2,(H2,31,33)/t25-,26-,27+,28+/m1/s1. The lowest BCUT2D eigenvalue weighted by Gasteiger charge is -2.25. The second-order valence-corrected chi connectivity index (χ2v) is 9.94. The number of amides is 1. The van der Waals surface area contributed by atoms with E-state index in [-0.39, 0.29) is 5.69 Å². The number of nitrogens with zero attached hydrogens (tertiary/aromatic N) is 1. The highest BCUT2D eigenvalue weighted by Gasteiger charge is 2.48. The average Bonchev–Trinajstić information content (AvgIpc) is 3.58. The molecule has 38 heavy (non-hydrogen) atoms. The van der Waals surface area contributed by atoms with Gasteiger partial charge in [0.15, 0.2) is 0 Å². The summed E-state index contributed by atoms with van der Waals surface area (Å²) in [6, 6.07) is 29.9. The van der Waals surface area contributed by atoms with Crippen LogP contribution in [-0.4, -0.2) is 35.8 Å². The number of primary amides is 1. The summed E-state index contributed by atoms with van der Waals surface area (Å²) in [5.41, 5.74) is 8.84. The second-order valence-electron chi connectivity index (χ2n) is 9.05. The van der Waals surface area contributed by atoms with Crippen molar-refractivity contribution < 1.29 is 23.7 Å². The summed E-state index contributed by atoms with van der Waals surface area (Å²) in [4.78, 5) is 16.2. The van der Waals surface area contributed by atoms with E-state index < -0.39 is 30.3 Å². The maximum absolute atomic E-state index is 11.7. The van der Waals surface area contributed by atoms with Gasteiger partial charge in [-0.25, -0.2) is 4.98 Å². The fourth-order valence-electron chi connectivity index (χ4n) is 4.38. The van der Waals surface area contributed by atoms with Gasteiger partial charge in [-0.15, -0.1) is 11.3 Å². The van der Waals surface area contributed by atoms with Crippen LogP contribution >= 0.6 is 11.3 Å². The Morgan fingerprint density at radius 2 is 1.32 bits per heavy atom. The highest BCUT2D eigenvalue weighted by molar-refractivity contribution is 7.09. The van der Waals surface area contributed by atoms with Gasteiger partial charge in [0.25, 0.3) is 5.91 Å². The summed E-state index contributed by atoms with van der Waals surface area (Å²) in [7, 11) is 0. The molecule has 4 atom stereocenters. The Hall–Kier alpha value is -3.40. The van der Waals surface area contributed by atoms with Gasteiger partial charge in [-0.2, -0.15) is 0 Å². The molecule has 196 valence electrons. The third kappa shape index (κ3) is 6.72. The minimum absolute atomic E-state index is 0.209. The van der Waals surface area contributed by atoms with E-state index >= 15 is 0 Å². The van der Waals surface area contributed by atoms with Crippen molar-refractivity contribution in [2.24, 2.45) is 5.73 Å². The van der Waals surface area contributed by atoms with Gasteiger partial charge in [0.05, 0.1) is 26.4 Å².